The number of pyridine rings is 3. The molecule has 79 heavy (non-hydrogen) atoms. The summed E-state index contributed by atoms with van der Waals surface area (Å²) >= 11 is 0. The highest BCUT2D eigenvalue weighted by Gasteiger charge is 2.44. The van der Waals surface area contributed by atoms with E-state index in [-0.39, 0.29) is 39.7 Å². The van der Waals surface area contributed by atoms with Crippen LogP contribution >= 0.6 is 0 Å². The minimum absolute atomic E-state index is 0.0509. The Morgan fingerprint density at radius 3 is 1.27 bits per heavy atom. The number of rotatable bonds is 0. The van der Waals surface area contributed by atoms with Crippen LogP contribution in [-0.4, -0.2) is 70.2 Å². The molecular weight excluding hydrogens is 1030 g/mol. The van der Waals surface area contributed by atoms with Crippen molar-refractivity contribution in [3.05, 3.63) is 217 Å². The third-order valence-electron chi connectivity index (χ3n) is 10.2. The van der Waals surface area contributed by atoms with E-state index in [0.29, 0.717) is 5.56 Å². The number of imidazole rings is 1. The van der Waals surface area contributed by atoms with Gasteiger partial charge in [0.15, 0.2) is 23.0 Å². The Hall–Kier alpha value is -9.02. The molecule has 424 valence electrons. The van der Waals surface area contributed by atoms with E-state index in [9.17, 15) is 31.9 Å². The maximum atomic E-state index is 12.5. The van der Waals surface area contributed by atoms with Crippen LogP contribution in [0.2, 0.25) is 0 Å². The van der Waals surface area contributed by atoms with Crippen molar-refractivity contribution in [1.82, 2.24) is 57.6 Å². The largest absolute Gasteiger partial charge is 0.586 e. The van der Waals surface area contributed by atoms with E-state index >= 15 is 0 Å². The van der Waals surface area contributed by atoms with Crippen LogP contribution in [-0.2, 0) is 49.3 Å². The lowest BCUT2D eigenvalue weighted by Crippen LogP contribution is -2.26. The van der Waals surface area contributed by atoms with Crippen LogP contribution < -0.4 is 35.6 Å². The highest BCUT2D eigenvalue weighted by Crippen LogP contribution is 2.43. The van der Waals surface area contributed by atoms with Gasteiger partial charge in [0.25, 0.3) is 16.7 Å². The molecule has 0 amide bonds. The lowest BCUT2D eigenvalue weighted by atomic mass is 10.2. The van der Waals surface area contributed by atoms with Crippen LogP contribution in [0.4, 0.5) is 17.6 Å². The number of ether oxygens (including phenoxy) is 4. The number of hydrogen-bond acceptors (Lipinski definition) is 12. The molecule has 0 aliphatic carbocycles. The molecule has 0 saturated carbocycles. The Morgan fingerprint density at radius 1 is 0.443 bits per heavy atom. The molecule has 2 aliphatic heterocycles. The van der Waals surface area contributed by atoms with Crippen LogP contribution in [0.5, 0.6) is 23.0 Å². The molecule has 23 heteroatoms. The normalized spacial score (nSPS) is 12.1. The minimum Gasteiger partial charge on any atom is -0.395 e. The predicted molar refractivity (Wildman–Crippen MR) is 294 cm³/mol. The van der Waals surface area contributed by atoms with Crippen molar-refractivity contribution in [2.24, 2.45) is 49.3 Å². The second kappa shape index (κ2) is 30.1. The van der Waals surface area contributed by atoms with Gasteiger partial charge in [0.2, 0.25) is 0 Å². The summed E-state index contributed by atoms with van der Waals surface area (Å²) in [5, 5.41) is 11.9. The van der Waals surface area contributed by atoms with Gasteiger partial charge in [-0.05, 0) is 138 Å². The number of hydrogen-bond donors (Lipinski definition) is 0. The van der Waals surface area contributed by atoms with Crippen molar-refractivity contribution >= 4 is 0 Å². The summed E-state index contributed by atoms with van der Waals surface area (Å²) in [6.45, 7) is 17.0. The van der Waals surface area contributed by atoms with E-state index in [4.69, 9.17) is 0 Å². The van der Waals surface area contributed by atoms with E-state index in [1.54, 1.807) is 130 Å². The van der Waals surface area contributed by atoms with E-state index < -0.39 is 12.6 Å². The first-order valence-electron chi connectivity index (χ1n) is 24.2. The smallest absolute Gasteiger partial charge is 0.395 e. The molecule has 7 aromatic heterocycles. The number of alkyl halides is 4. The second-order valence-corrected chi connectivity index (χ2v) is 18.1. The average molecular weight is 1100 g/mol. The molecule has 0 N–H and O–H groups in total. The van der Waals surface area contributed by atoms with Gasteiger partial charge in [-0.3, -0.25) is 28.4 Å². The summed E-state index contributed by atoms with van der Waals surface area (Å²) in [6.07, 6.45) is 9.44. The maximum absolute atomic E-state index is 12.5. The number of halogens is 4. The first-order chi connectivity index (χ1) is 36.9. The van der Waals surface area contributed by atoms with Gasteiger partial charge in [-0.15, -0.1) is 17.6 Å². The van der Waals surface area contributed by atoms with Crippen LogP contribution in [0, 0.1) is 62.3 Å². The van der Waals surface area contributed by atoms with Crippen molar-refractivity contribution in [1.29, 1.82) is 0 Å². The third-order valence-corrected chi connectivity index (χ3v) is 10.2. The molecule has 2 aromatic carbocycles. The molecule has 2 aliphatic rings. The molecule has 19 nitrogen and oxygen atoms in total. The SMILES string of the molecule is Cc1ccc2c(c1)OC(F)(F)O2.Cc1cccc2c1OC(F)(F)O2.Cc1ccn(C)c(=O)c1.Cc1ccn(C)c(=O)c1.Cc1ccn(C)c(=O)c1.Cc1ccn(C)n1.Cc1cn(C)cn1.Cc1cnn(C)c1.Cc1ncn(C)n1. The molecule has 0 saturated heterocycles. The maximum Gasteiger partial charge on any atom is 0.586 e. The monoisotopic (exact) mass is 1100 g/mol. The average Bonchev–Trinajstić information content (AvgIpc) is 4.25. The zero-order valence-corrected chi connectivity index (χ0v) is 47.4. The summed E-state index contributed by atoms with van der Waals surface area (Å²) in [7, 11) is 12.8. The fourth-order valence-electron chi connectivity index (χ4n) is 6.17. The fraction of sp³-hybridized carbons (Fsp3) is 0.321. The van der Waals surface area contributed by atoms with Gasteiger partial charge >= 0.3 is 12.6 Å². The number of fused-ring (bicyclic) bond motifs is 2. The Labute approximate surface area is 456 Å². The molecule has 0 radical (unpaired) electrons. The Balaban J connectivity index is 0.000000235. The van der Waals surface area contributed by atoms with Crippen molar-refractivity contribution in [2.75, 3.05) is 0 Å². The Kier molecular flexibility index (Phi) is 24.5. The Morgan fingerprint density at radius 2 is 0.949 bits per heavy atom. The quantitative estimate of drug-likeness (QED) is 0.131. The summed E-state index contributed by atoms with van der Waals surface area (Å²) in [5.41, 5.74) is 8.04. The second-order valence-electron chi connectivity index (χ2n) is 18.1. The molecule has 9 aromatic rings. The van der Waals surface area contributed by atoms with Gasteiger partial charge in [-0.1, -0.05) is 18.2 Å². The lowest BCUT2D eigenvalue weighted by molar-refractivity contribution is -0.287. The summed E-state index contributed by atoms with van der Waals surface area (Å²) in [5.74, 6) is 1.23. The number of nitrogens with zero attached hydrogens (tertiary/aromatic N) is 12. The van der Waals surface area contributed by atoms with Gasteiger partial charge in [0.1, 0.15) is 12.2 Å². The number of aromatic nitrogens is 12. The van der Waals surface area contributed by atoms with Gasteiger partial charge in [0, 0.05) is 105 Å². The van der Waals surface area contributed by atoms with E-state index in [2.05, 4.69) is 44.2 Å². The highest BCUT2D eigenvalue weighted by molar-refractivity contribution is 5.48. The van der Waals surface area contributed by atoms with Gasteiger partial charge in [-0.25, -0.2) is 9.97 Å². The molecule has 9 heterocycles. The van der Waals surface area contributed by atoms with Gasteiger partial charge in [0.05, 0.1) is 23.9 Å². The molecule has 0 fully saturated rings. The first-order valence-corrected chi connectivity index (χ1v) is 24.2. The fourth-order valence-corrected chi connectivity index (χ4v) is 6.17. The number of benzene rings is 2. The zero-order valence-electron chi connectivity index (χ0n) is 47.4. The van der Waals surface area contributed by atoms with Crippen LogP contribution in [0.3, 0.4) is 0 Å². The van der Waals surface area contributed by atoms with Crippen LogP contribution in [0.25, 0.3) is 0 Å². The van der Waals surface area contributed by atoms with E-state index in [1.807, 2.05) is 130 Å². The molecule has 0 unspecified atom stereocenters. The molecule has 0 spiro atoms. The standard InChI is InChI=1S/2C8H6F2O2.3C7H9NO.3C5H8N2.C4H7N3/c1-5-2-3-6-7(4-5)12-8(9,10)11-6;1-5-3-2-4-6-7(5)12-8(9,10)11-6;3*1-6-3-4-8(2)7(9)5-6;1-5-3-7(2)4-6-5;1-5-3-6-7(2)4-5;1-5-3-4-7(2)6-5;1-4-5-3-7(2)6-4/h2*2-4H,1H3;3*3-5H,1-2H3;3*3-4H,1-2H3;3H,1-2H3. The van der Waals surface area contributed by atoms with Crippen LogP contribution in [0.1, 0.15) is 50.6 Å². The molecular formula is C56H70F4N12O7. The highest BCUT2D eigenvalue weighted by atomic mass is 19.3. The topological polar surface area (TPSA) is 187 Å². The third kappa shape index (κ3) is 24.2. The van der Waals surface area contributed by atoms with Gasteiger partial charge in [-0.2, -0.15) is 15.3 Å². The minimum atomic E-state index is -3.51. The lowest BCUT2D eigenvalue weighted by Gasteiger charge is -2.04. The predicted octanol–water partition coefficient (Wildman–Crippen LogP) is 9.02. The van der Waals surface area contributed by atoms with Crippen molar-refractivity contribution in [3.8, 4) is 23.0 Å². The number of aryl methyl sites for hydroxylation is 16. The van der Waals surface area contributed by atoms with Crippen molar-refractivity contribution in [3.63, 3.8) is 0 Å². The molecule has 11 rings (SSSR count). The molecule has 0 atom stereocenters. The Bertz CT molecular complexity index is 3150. The van der Waals surface area contributed by atoms with E-state index in [1.165, 1.54) is 23.8 Å². The first kappa shape index (κ1) is 64.3. The van der Waals surface area contributed by atoms with Gasteiger partial charge < -0.3 is 37.2 Å². The molecule has 0 bridgehead atoms. The zero-order chi connectivity index (χ0) is 59.2. The van der Waals surface area contributed by atoms with Crippen LogP contribution in [0.15, 0.2) is 149 Å². The van der Waals surface area contributed by atoms with E-state index in [0.717, 1.165) is 39.5 Å². The summed E-state index contributed by atoms with van der Waals surface area (Å²) in [6, 6.07) is 21.9. The van der Waals surface area contributed by atoms with Crippen molar-refractivity contribution in [2.45, 2.75) is 74.9 Å². The number of para-hydroxylation sites is 1. The summed E-state index contributed by atoms with van der Waals surface area (Å²) in [4.78, 5) is 40.3. The summed E-state index contributed by atoms with van der Waals surface area (Å²) < 4.78 is 78.5. The van der Waals surface area contributed by atoms with Crippen molar-refractivity contribution < 1.29 is 36.5 Å².